The SMILES string of the molecule is CCOCCCNC(=NC)N(C)Cc1ccccc1C. The normalized spacial score (nSPS) is 11.5. The molecule has 0 spiro atoms. The summed E-state index contributed by atoms with van der Waals surface area (Å²) in [6.07, 6.45) is 0.991. The summed E-state index contributed by atoms with van der Waals surface area (Å²) in [5.74, 6) is 0.921. The largest absolute Gasteiger partial charge is 0.382 e. The molecule has 1 aromatic rings. The lowest BCUT2D eigenvalue weighted by Gasteiger charge is -2.23. The van der Waals surface area contributed by atoms with Crippen molar-refractivity contribution in [2.24, 2.45) is 4.99 Å². The molecule has 1 N–H and O–H groups in total. The van der Waals surface area contributed by atoms with Gasteiger partial charge in [0, 0.05) is 40.4 Å². The fourth-order valence-corrected chi connectivity index (χ4v) is 2.02. The van der Waals surface area contributed by atoms with Crippen molar-refractivity contribution in [2.45, 2.75) is 26.8 Å². The summed E-state index contributed by atoms with van der Waals surface area (Å²) in [6.45, 7) is 7.47. The van der Waals surface area contributed by atoms with Crippen LogP contribution in [-0.4, -0.2) is 44.7 Å². The quantitative estimate of drug-likeness (QED) is 0.472. The van der Waals surface area contributed by atoms with Crippen LogP contribution in [0.25, 0.3) is 0 Å². The van der Waals surface area contributed by atoms with Gasteiger partial charge in [-0.15, -0.1) is 0 Å². The maximum Gasteiger partial charge on any atom is 0.193 e. The molecule has 0 aliphatic rings. The van der Waals surface area contributed by atoms with Gasteiger partial charge in [-0.1, -0.05) is 24.3 Å². The van der Waals surface area contributed by atoms with Crippen LogP contribution in [0.3, 0.4) is 0 Å². The first-order chi connectivity index (χ1) is 9.69. The summed E-state index contributed by atoms with van der Waals surface area (Å²) in [7, 11) is 3.88. The van der Waals surface area contributed by atoms with E-state index in [2.05, 4.69) is 53.4 Å². The van der Waals surface area contributed by atoms with Crippen molar-refractivity contribution in [1.29, 1.82) is 0 Å². The number of aliphatic imine (C=N–C) groups is 1. The van der Waals surface area contributed by atoms with Gasteiger partial charge in [0.15, 0.2) is 5.96 Å². The highest BCUT2D eigenvalue weighted by atomic mass is 16.5. The Morgan fingerprint density at radius 1 is 1.35 bits per heavy atom. The second-order valence-corrected chi connectivity index (χ2v) is 4.81. The topological polar surface area (TPSA) is 36.9 Å². The van der Waals surface area contributed by atoms with Gasteiger partial charge in [-0.3, -0.25) is 4.99 Å². The molecule has 0 heterocycles. The second kappa shape index (κ2) is 9.37. The Labute approximate surface area is 122 Å². The maximum absolute atomic E-state index is 5.33. The second-order valence-electron chi connectivity index (χ2n) is 4.81. The van der Waals surface area contributed by atoms with E-state index >= 15 is 0 Å². The van der Waals surface area contributed by atoms with Gasteiger partial charge in [-0.25, -0.2) is 0 Å². The fraction of sp³-hybridized carbons (Fsp3) is 0.562. The monoisotopic (exact) mass is 277 g/mol. The summed E-state index contributed by atoms with van der Waals surface area (Å²) < 4.78 is 5.33. The third-order valence-corrected chi connectivity index (χ3v) is 3.19. The van der Waals surface area contributed by atoms with E-state index in [9.17, 15) is 0 Å². The van der Waals surface area contributed by atoms with Crippen LogP contribution < -0.4 is 5.32 Å². The molecule has 0 aliphatic heterocycles. The van der Waals surface area contributed by atoms with Crippen molar-refractivity contribution < 1.29 is 4.74 Å². The molecule has 0 atom stereocenters. The summed E-state index contributed by atoms with van der Waals surface area (Å²) in [4.78, 5) is 6.46. The van der Waals surface area contributed by atoms with E-state index < -0.39 is 0 Å². The van der Waals surface area contributed by atoms with Crippen molar-refractivity contribution in [3.8, 4) is 0 Å². The van der Waals surface area contributed by atoms with Crippen molar-refractivity contribution >= 4 is 5.96 Å². The van der Waals surface area contributed by atoms with E-state index in [0.717, 1.165) is 38.7 Å². The highest BCUT2D eigenvalue weighted by Crippen LogP contribution is 2.09. The summed E-state index contributed by atoms with van der Waals surface area (Å²) in [5.41, 5.74) is 2.64. The number of ether oxygens (including phenoxy) is 1. The average Bonchev–Trinajstić information content (AvgIpc) is 2.45. The smallest absolute Gasteiger partial charge is 0.193 e. The molecule has 4 heteroatoms. The summed E-state index contributed by atoms with van der Waals surface area (Å²) in [5, 5.41) is 3.36. The summed E-state index contributed by atoms with van der Waals surface area (Å²) in [6, 6.07) is 8.45. The number of aryl methyl sites for hydroxylation is 1. The number of benzene rings is 1. The predicted octanol–water partition coefficient (Wildman–Crippen LogP) is 2.43. The van der Waals surface area contributed by atoms with E-state index in [1.807, 2.05) is 14.0 Å². The number of rotatable bonds is 7. The first-order valence-corrected chi connectivity index (χ1v) is 7.23. The molecule has 1 aromatic carbocycles. The van der Waals surface area contributed by atoms with Crippen LogP contribution in [0.1, 0.15) is 24.5 Å². The molecule has 4 nitrogen and oxygen atoms in total. The Morgan fingerprint density at radius 2 is 2.10 bits per heavy atom. The van der Waals surface area contributed by atoms with Crippen molar-refractivity contribution in [2.75, 3.05) is 33.9 Å². The summed E-state index contributed by atoms with van der Waals surface area (Å²) >= 11 is 0. The van der Waals surface area contributed by atoms with Crippen LogP contribution in [0.4, 0.5) is 0 Å². The molecule has 0 aromatic heterocycles. The van der Waals surface area contributed by atoms with Crippen LogP contribution >= 0.6 is 0 Å². The number of guanidine groups is 1. The Morgan fingerprint density at radius 3 is 2.75 bits per heavy atom. The lowest BCUT2D eigenvalue weighted by Crippen LogP contribution is -2.39. The van der Waals surface area contributed by atoms with Gasteiger partial charge in [0.2, 0.25) is 0 Å². The minimum Gasteiger partial charge on any atom is -0.382 e. The first-order valence-electron chi connectivity index (χ1n) is 7.23. The average molecular weight is 277 g/mol. The van der Waals surface area contributed by atoms with Gasteiger partial charge in [0.05, 0.1) is 0 Å². The van der Waals surface area contributed by atoms with Crippen molar-refractivity contribution in [3.05, 3.63) is 35.4 Å². The first kappa shape index (κ1) is 16.5. The molecule has 0 amide bonds. The molecule has 20 heavy (non-hydrogen) atoms. The van der Waals surface area contributed by atoms with Gasteiger partial charge in [-0.2, -0.15) is 0 Å². The number of nitrogens with one attached hydrogen (secondary N) is 1. The Balaban J connectivity index is 2.43. The minimum atomic E-state index is 0.780. The van der Waals surface area contributed by atoms with Gasteiger partial charge >= 0.3 is 0 Å². The van der Waals surface area contributed by atoms with Crippen LogP contribution in [-0.2, 0) is 11.3 Å². The molecular formula is C16H27N3O. The van der Waals surface area contributed by atoms with Crippen LogP contribution in [0.5, 0.6) is 0 Å². The zero-order valence-corrected chi connectivity index (χ0v) is 13.1. The number of hydrogen-bond donors (Lipinski definition) is 1. The lowest BCUT2D eigenvalue weighted by atomic mass is 10.1. The van der Waals surface area contributed by atoms with E-state index in [0.29, 0.717) is 0 Å². The molecule has 0 saturated carbocycles. The lowest BCUT2D eigenvalue weighted by molar-refractivity contribution is 0.145. The Hall–Kier alpha value is -1.55. The van der Waals surface area contributed by atoms with Crippen LogP contribution in [0.2, 0.25) is 0 Å². The van der Waals surface area contributed by atoms with Crippen molar-refractivity contribution in [1.82, 2.24) is 10.2 Å². The van der Waals surface area contributed by atoms with Crippen LogP contribution in [0.15, 0.2) is 29.3 Å². The van der Waals surface area contributed by atoms with Crippen molar-refractivity contribution in [3.63, 3.8) is 0 Å². The van der Waals surface area contributed by atoms with Gasteiger partial charge in [0.25, 0.3) is 0 Å². The fourth-order valence-electron chi connectivity index (χ4n) is 2.02. The van der Waals surface area contributed by atoms with E-state index in [1.54, 1.807) is 0 Å². The highest BCUT2D eigenvalue weighted by Gasteiger charge is 2.07. The van der Waals surface area contributed by atoms with E-state index in [1.165, 1.54) is 11.1 Å². The van der Waals surface area contributed by atoms with Crippen LogP contribution in [0, 0.1) is 6.92 Å². The molecule has 112 valence electrons. The predicted molar refractivity (Wildman–Crippen MR) is 85.1 cm³/mol. The Bertz CT molecular complexity index is 418. The molecule has 0 bridgehead atoms. The van der Waals surface area contributed by atoms with E-state index in [4.69, 9.17) is 4.74 Å². The molecule has 0 aliphatic carbocycles. The number of hydrogen-bond acceptors (Lipinski definition) is 2. The molecule has 0 radical (unpaired) electrons. The minimum absolute atomic E-state index is 0.780. The molecule has 0 unspecified atom stereocenters. The van der Waals surface area contributed by atoms with Gasteiger partial charge < -0.3 is 15.0 Å². The third kappa shape index (κ3) is 5.61. The highest BCUT2D eigenvalue weighted by molar-refractivity contribution is 5.79. The van der Waals surface area contributed by atoms with Gasteiger partial charge in [-0.05, 0) is 31.4 Å². The third-order valence-electron chi connectivity index (χ3n) is 3.19. The standard InChI is InChI=1S/C16H27N3O/c1-5-20-12-8-11-18-16(17-3)19(4)13-15-10-7-6-9-14(15)2/h6-7,9-10H,5,8,11-13H2,1-4H3,(H,17,18). The molecular weight excluding hydrogens is 250 g/mol. The van der Waals surface area contributed by atoms with E-state index in [-0.39, 0.29) is 0 Å². The molecule has 0 fully saturated rings. The zero-order valence-electron chi connectivity index (χ0n) is 13.1. The molecule has 0 saturated heterocycles. The zero-order chi connectivity index (χ0) is 14.8. The maximum atomic E-state index is 5.33. The number of nitrogens with zero attached hydrogens (tertiary/aromatic N) is 2. The van der Waals surface area contributed by atoms with Gasteiger partial charge in [0.1, 0.15) is 0 Å². The molecule has 1 rings (SSSR count). The Kier molecular flexibility index (Phi) is 7.73.